The molecular weight excluding hydrogens is 218 g/mol. The SMILES string of the molecule is CN(C(=O)C1(C)CCCO1)c1ccc(O)cc1. The second-order valence-corrected chi connectivity index (χ2v) is 4.56. The summed E-state index contributed by atoms with van der Waals surface area (Å²) in [5.74, 6) is 0.151. The van der Waals surface area contributed by atoms with Gasteiger partial charge < -0.3 is 14.7 Å². The van der Waals surface area contributed by atoms with E-state index in [0.29, 0.717) is 6.61 Å². The summed E-state index contributed by atoms with van der Waals surface area (Å²) < 4.78 is 5.53. The summed E-state index contributed by atoms with van der Waals surface area (Å²) >= 11 is 0. The van der Waals surface area contributed by atoms with Crippen molar-refractivity contribution in [1.29, 1.82) is 0 Å². The molecule has 17 heavy (non-hydrogen) atoms. The number of nitrogens with zero attached hydrogens (tertiary/aromatic N) is 1. The average Bonchev–Trinajstić information content (AvgIpc) is 2.76. The Morgan fingerprint density at radius 1 is 1.41 bits per heavy atom. The van der Waals surface area contributed by atoms with Crippen LogP contribution in [0.25, 0.3) is 0 Å². The Morgan fingerprint density at radius 3 is 2.59 bits per heavy atom. The molecule has 1 fully saturated rings. The predicted octanol–water partition coefficient (Wildman–Crippen LogP) is 1.92. The highest BCUT2D eigenvalue weighted by atomic mass is 16.5. The van der Waals surface area contributed by atoms with Crippen LogP contribution in [0.1, 0.15) is 19.8 Å². The summed E-state index contributed by atoms with van der Waals surface area (Å²) in [6.45, 7) is 2.48. The number of likely N-dealkylation sites (N-methyl/N-ethyl adjacent to an activating group) is 1. The maximum absolute atomic E-state index is 12.3. The van der Waals surface area contributed by atoms with Gasteiger partial charge >= 0.3 is 0 Å². The summed E-state index contributed by atoms with van der Waals surface area (Å²) in [5.41, 5.74) is 0.0524. The fourth-order valence-corrected chi connectivity index (χ4v) is 2.10. The van der Waals surface area contributed by atoms with Crippen molar-refractivity contribution in [3.05, 3.63) is 24.3 Å². The molecule has 1 aromatic rings. The van der Waals surface area contributed by atoms with Crippen LogP contribution in [0.5, 0.6) is 5.75 Å². The Kier molecular flexibility index (Phi) is 3.07. The number of benzene rings is 1. The molecule has 1 aliphatic heterocycles. The first-order valence-corrected chi connectivity index (χ1v) is 5.74. The summed E-state index contributed by atoms with van der Waals surface area (Å²) in [5, 5.41) is 9.21. The number of hydrogen-bond donors (Lipinski definition) is 1. The maximum Gasteiger partial charge on any atom is 0.258 e. The van der Waals surface area contributed by atoms with Crippen molar-refractivity contribution >= 4 is 11.6 Å². The van der Waals surface area contributed by atoms with Gasteiger partial charge in [0.05, 0.1) is 0 Å². The molecule has 0 saturated carbocycles. The van der Waals surface area contributed by atoms with Crippen molar-refractivity contribution in [2.75, 3.05) is 18.6 Å². The van der Waals surface area contributed by atoms with Crippen LogP contribution >= 0.6 is 0 Å². The van der Waals surface area contributed by atoms with Gasteiger partial charge in [-0.05, 0) is 44.0 Å². The van der Waals surface area contributed by atoms with E-state index in [4.69, 9.17) is 4.74 Å². The molecule has 0 radical (unpaired) electrons. The van der Waals surface area contributed by atoms with Gasteiger partial charge in [-0.2, -0.15) is 0 Å². The predicted molar refractivity (Wildman–Crippen MR) is 65.1 cm³/mol. The Labute approximate surface area is 101 Å². The van der Waals surface area contributed by atoms with Crippen LogP contribution in [-0.2, 0) is 9.53 Å². The van der Waals surface area contributed by atoms with Gasteiger partial charge in [0.2, 0.25) is 0 Å². The lowest BCUT2D eigenvalue weighted by molar-refractivity contribution is -0.136. The number of phenols is 1. The highest BCUT2D eigenvalue weighted by molar-refractivity contribution is 5.99. The van der Waals surface area contributed by atoms with Gasteiger partial charge in [-0.15, -0.1) is 0 Å². The van der Waals surface area contributed by atoms with Crippen LogP contribution in [0, 0.1) is 0 Å². The van der Waals surface area contributed by atoms with Crippen molar-refractivity contribution in [2.24, 2.45) is 0 Å². The first kappa shape index (κ1) is 11.9. The van der Waals surface area contributed by atoms with E-state index in [0.717, 1.165) is 18.5 Å². The largest absolute Gasteiger partial charge is 0.508 e. The van der Waals surface area contributed by atoms with Gasteiger partial charge in [0.1, 0.15) is 11.4 Å². The van der Waals surface area contributed by atoms with Gasteiger partial charge in [0.25, 0.3) is 5.91 Å². The lowest BCUT2D eigenvalue weighted by Crippen LogP contribution is -2.45. The van der Waals surface area contributed by atoms with Gasteiger partial charge in [-0.25, -0.2) is 0 Å². The number of carbonyl (C=O) groups is 1. The fraction of sp³-hybridized carbons (Fsp3) is 0.462. The van der Waals surface area contributed by atoms with Crippen molar-refractivity contribution in [1.82, 2.24) is 0 Å². The molecule has 1 unspecified atom stereocenters. The summed E-state index contributed by atoms with van der Waals surface area (Å²) in [6.07, 6.45) is 1.68. The van der Waals surface area contributed by atoms with Crippen LogP contribution in [0.3, 0.4) is 0 Å². The molecule has 1 saturated heterocycles. The van der Waals surface area contributed by atoms with E-state index in [9.17, 15) is 9.90 Å². The van der Waals surface area contributed by atoms with Crippen molar-refractivity contribution in [3.63, 3.8) is 0 Å². The lowest BCUT2D eigenvalue weighted by atomic mass is 10.0. The standard InChI is InChI=1S/C13H17NO3/c1-13(8-3-9-17-13)12(16)14(2)10-4-6-11(15)7-5-10/h4-7,15H,3,8-9H2,1-2H3. The second-order valence-electron chi connectivity index (χ2n) is 4.56. The minimum Gasteiger partial charge on any atom is -0.508 e. The van der Waals surface area contributed by atoms with E-state index in [1.54, 1.807) is 36.2 Å². The molecule has 1 amide bonds. The van der Waals surface area contributed by atoms with Crippen LogP contribution < -0.4 is 4.90 Å². The number of rotatable bonds is 2. The summed E-state index contributed by atoms with van der Waals surface area (Å²) in [6, 6.07) is 6.56. The average molecular weight is 235 g/mol. The number of hydrogen-bond acceptors (Lipinski definition) is 3. The molecule has 1 aliphatic rings. The van der Waals surface area contributed by atoms with Crippen molar-refractivity contribution < 1.29 is 14.6 Å². The zero-order valence-corrected chi connectivity index (χ0v) is 10.1. The van der Waals surface area contributed by atoms with Gasteiger partial charge in [-0.1, -0.05) is 0 Å². The maximum atomic E-state index is 12.3. The van der Waals surface area contributed by atoms with E-state index in [-0.39, 0.29) is 11.7 Å². The van der Waals surface area contributed by atoms with E-state index in [1.807, 2.05) is 6.92 Å². The second kappa shape index (κ2) is 4.37. The topological polar surface area (TPSA) is 49.8 Å². The van der Waals surface area contributed by atoms with Gasteiger partial charge in [0.15, 0.2) is 0 Å². The first-order valence-electron chi connectivity index (χ1n) is 5.74. The number of anilines is 1. The van der Waals surface area contributed by atoms with Gasteiger partial charge in [-0.3, -0.25) is 4.79 Å². The molecule has 4 nitrogen and oxygen atoms in total. The number of amides is 1. The summed E-state index contributed by atoms with van der Waals surface area (Å²) in [7, 11) is 1.72. The molecule has 1 N–H and O–H groups in total. The third-order valence-electron chi connectivity index (χ3n) is 3.21. The molecule has 0 aliphatic carbocycles. The highest BCUT2D eigenvalue weighted by Crippen LogP contribution is 2.29. The van der Waals surface area contributed by atoms with Gasteiger partial charge in [0, 0.05) is 19.3 Å². The number of carbonyl (C=O) groups excluding carboxylic acids is 1. The van der Waals surface area contributed by atoms with E-state index < -0.39 is 5.60 Å². The molecule has 0 bridgehead atoms. The Bertz CT molecular complexity index is 407. The fourth-order valence-electron chi connectivity index (χ4n) is 2.10. The van der Waals surface area contributed by atoms with E-state index >= 15 is 0 Å². The molecule has 2 rings (SSSR count). The van der Waals surface area contributed by atoms with E-state index in [2.05, 4.69) is 0 Å². The molecule has 4 heteroatoms. The Hall–Kier alpha value is -1.55. The van der Waals surface area contributed by atoms with Crippen molar-refractivity contribution in [3.8, 4) is 5.75 Å². The first-order chi connectivity index (χ1) is 8.03. The molecule has 1 atom stereocenters. The number of aromatic hydroxyl groups is 1. The molecule has 0 aromatic heterocycles. The van der Waals surface area contributed by atoms with Crippen molar-refractivity contribution in [2.45, 2.75) is 25.4 Å². The Balaban J connectivity index is 2.17. The quantitative estimate of drug-likeness (QED) is 0.852. The van der Waals surface area contributed by atoms with Crippen LogP contribution in [-0.4, -0.2) is 30.3 Å². The number of ether oxygens (including phenoxy) is 1. The third-order valence-corrected chi connectivity index (χ3v) is 3.21. The monoisotopic (exact) mass is 235 g/mol. The molecule has 1 heterocycles. The zero-order valence-electron chi connectivity index (χ0n) is 10.1. The minimum atomic E-state index is -0.702. The zero-order chi connectivity index (χ0) is 12.5. The summed E-state index contributed by atoms with van der Waals surface area (Å²) in [4.78, 5) is 13.9. The number of phenolic OH excluding ortho intramolecular Hbond substituents is 1. The highest BCUT2D eigenvalue weighted by Gasteiger charge is 2.39. The molecule has 92 valence electrons. The van der Waals surface area contributed by atoms with Crippen LogP contribution in [0.15, 0.2) is 24.3 Å². The molecule has 1 aromatic carbocycles. The molecular formula is C13H17NO3. The molecule has 0 spiro atoms. The normalized spacial score (nSPS) is 23.6. The minimum absolute atomic E-state index is 0.0410. The van der Waals surface area contributed by atoms with Crippen LogP contribution in [0.4, 0.5) is 5.69 Å². The van der Waals surface area contributed by atoms with Crippen LogP contribution in [0.2, 0.25) is 0 Å². The smallest absolute Gasteiger partial charge is 0.258 e. The van der Waals surface area contributed by atoms with E-state index in [1.165, 1.54) is 0 Å². The Morgan fingerprint density at radius 2 is 2.06 bits per heavy atom. The third kappa shape index (κ3) is 2.26. The lowest BCUT2D eigenvalue weighted by Gasteiger charge is -2.28.